The normalized spacial score (nSPS) is 35.1. The van der Waals surface area contributed by atoms with Crippen molar-refractivity contribution < 1.29 is 0 Å². The standard InChI is InChI=1S/C16H24N2S/c1-4-15(14-7-10-19-16(14)5-1)17-12-6-9-18-8-2-3-13(18)11-12/h7,10,12-13,15,17H,1-6,8-9,11H2. The first-order chi connectivity index (χ1) is 9.40. The van der Waals surface area contributed by atoms with Crippen molar-refractivity contribution in [3.8, 4) is 0 Å². The van der Waals surface area contributed by atoms with Crippen LogP contribution < -0.4 is 5.32 Å². The number of nitrogens with one attached hydrogen (secondary N) is 1. The monoisotopic (exact) mass is 276 g/mol. The van der Waals surface area contributed by atoms with E-state index in [1.807, 2.05) is 11.3 Å². The van der Waals surface area contributed by atoms with E-state index in [-0.39, 0.29) is 0 Å². The van der Waals surface area contributed by atoms with Crippen molar-refractivity contribution in [2.45, 2.75) is 63.1 Å². The minimum absolute atomic E-state index is 0.646. The maximum atomic E-state index is 3.99. The molecule has 0 radical (unpaired) electrons. The van der Waals surface area contributed by atoms with E-state index >= 15 is 0 Å². The van der Waals surface area contributed by atoms with Gasteiger partial charge in [-0.15, -0.1) is 11.3 Å². The summed E-state index contributed by atoms with van der Waals surface area (Å²) in [4.78, 5) is 4.36. The summed E-state index contributed by atoms with van der Waals surface area (Å²) >= 11 is 1.96. The van der Waals surface area contributed by atoms with Gasteiger partial charge in [-0.25, -0.2) is 0 Å². The molecule has 2 nitrogen and oxygen atoms in total. The third kappa shape index (κ3) is 2.37. The maximum absolute atomic E-state index is 3.99. The molecule has 104 valence electrons. The van der Waals surface area contributed by atoms with E-state index < -0.39 is 0 Å². The quantitative estimate of drug-likeness (QED) is 0.891. The van der Waals surface area contributed by atoms with Gasteiger partial charge in [0.2, 0.25) is 0 Å². The zero-order valence-electron chi connectivity index (χ0n) is 11.6. The Morgan fingerprint density at radius 3 is 3.16 bits per heavy atom. The maximum Gasteiger partial charge on any atom is 0.0333 e. The summed E-state index contributed by atoms with van der Waals surface area (Å²) in [6.07, 6.45) is 9.62. The van der Waals surface area contributed by atoms with Crippen LogP contribution in [0.15, 0.2) is 11.4 Å². The van der Waals surface area contributed by atoms with Crippen LogP contribution in [-0.2, 0) is 6.42 Å². The zero-order chi connectivity index (χ0) is 12.7. The van der Waals surface area contributed by atoms with E-state index in [4.69, 9.17) is 0 Å². The highest BCUT2D eigenvalue weighted by Crippen LogP contribution is 2.35. The Balaban J connectivity index is 1.42. The molecule has 2 fully saturated rings. The van der Waals surface area contributed by atoms with Crippen molar-refractivity contribution in [3.05, 3.63) is 21.9 Å². The Bertz CT molecular complexity index is 442. The molecule has 0 bridgehead atoms. The van der Waals surface area contributed by atoms with Gasteiger partial charge >= 0.3 is 0 Å². The molecular weight excluding hydrogens is 252 g/mol. The number of fused-ring (bicyclic) bond motifs is 2. The lowest BCUT2D eigenvalue weighted by Gasteiger charge is -2.38. The van der Waals surface area contributed by atoms with E-state index in [9.17, 15) is 0 Å². The summed E-state index contributed by atoms with van der Waals surface area (Å²) in [6, 6.07) is 4.65. The second-order valence-corrected chi connectivity index (χ2v) is 7.46. The number of aryl methyl sites for hydroxylation is 1. The number of piperidine rings is 1. The van der Waals surface area contributed by atoms with Crippen LogP contribution in [0.4, 0.5) is 0 Å². The van der Waals surface area contributed by atoms with Crippen molar-refractivity contribution in [1.29, 1.82) is 0 Å². The Kier molecular flexibility index (Phi) is 3.38. The van der Waals surface area contributed by atoms with Gasteiger partial charge in [-0.05, 0) is 75.0 Å². The van der Waals surface area contributed by atoms with Crippen LogP contribution in [0.3, 0.4) is 0 Å². The highest BCUT2D eigenvalue weighted by Gasteiger charge is 2.33. The SMILES string of the molecule is c1cc2c(s1)CCCC2NC1CCN2CCCC2C1. The second-order valence-electron chi connectivity index (χ2n) is 6.46. The Hall–Kier alpha value is -0.380. The molecule has 0 spiro atoms. The fraction of sp³-hybridized carbons (Fsp3) is 0.750. The molecule has 0 aromatic carbocycles. The fourth-order valence-corrected chi connectivity index (χ4v) is 5.31. The summed E-state index contributed by atoms with van der Waals surface area (Å²) < 4.78 is 0. The van der Waals surface area contributed by atoms with Gasteiger partial charge in [0.1, 0.15) is 0 Å². The number of rotatable bonds is 2. The number of thiophene rings is 1. The van der Waals surface area contributed by atoms with Crippen LogP contribution in [0.2, 0.25) is 0 Å². The van der Waals surface area contributed by atoms with Gasteiger partial charge in [0.05, 0.1) is 0 Å². The van der Waals surface area contributed by atoms with Gasteiger partial charge in [-0.3, -0.25) is 0 Å². The van der Waals surface area contributed by atoms with E-state index in [0.717, 1.165) is 12.1 Å². The molecule has 2 aliphatic heterocycles. The summed E-state index contributed by atoms with van der Waals surface area (Å²) in [7, 11) is 0. The summed E-state index contributed by atoms with van der Waals surface area (Å²) in [6.45, 7) is 2.68. The molecule has 3 unspecified atom stereocenters. The molecule has 2 saturated heterocycles. The van der Waals surface area contributed by atoms with Gasteiger partial charge in [0.25, 0.3) is 0 Å². The van der Waals surface area contributed by atoms with Crippen LogP contribution in [0.5, 0.6) is 0 Å². The van der Waals surface area contributed by atoms with Crippen molar-refractivity contribution in [2.24, 2.45) is 0 Å². The predicted molar refractivity (Wildman–Crippen MR) is 80.8 cm³/mol. The molecule has 0 amide bonds. The molecule has 1 N–H and O–H groups in total. The van der Waals surface area contributed by atoms with Crippen LogP contribution in [-0.4, -0.2) is 30.1 Å². The topological polar surface area (TPSA) is 15.3 Å². The highest BCUT2D eigenvalue weighted by atomic mass is 32.1. The van der Waals surface area contributed by atoms with Crippen LogP contribution in [0.1, 0.15) is 55.0 Å². The Morgan fingerprint density at radius 1 is 1.16 bits per heavy atom. The molecular formula is C16H24N2S. The molecule has 0 saturated carbocycles. The molecule has 4 rings (SSSR count). The number of nitrogens with zero attached hydrogens (tertiary/aromatic N) is 1. The minimum atomic E-state index is 0.646. The van der Waals surface area contributed by atoms with E-state index in [1.54, 1.807) is 10.4 Å². The molecule has 19 heavy (non-hydrogen) atoms. The first kappa shape index (κ1) is 12.4. The predicted octanol–water partition coefficient (Wildman–Crippen LogP) is 3.34. The molecule has 3 heteroatoms. The smallest absolute Gasteiger partial charge is 0.0333 e. The Morgan fingerprint density at radius 2 is 2.16 bits per heavy atom. The van der Waals surface area contributed by atoms with E-state index in [1.165, 1.54) is 58.0 Å². The van der Waals surface area contributed by atoms with Gasteiger partial charge < -0.3 is 10.2 Å². The van der Waals surface area contributed by atoms with Crippen LogP contribution in [0, 0.1) is 0 Å². The highest BCUT2D eigenvalue weighted by molar-refractivity contribution is 7.10. The minimum Gasteiger partial charge on any atom is -0.307 e. The van der Waals surface area contributed by atoms with Crippen molar-refractivity contribution in [2.75, 3.05) is 13.1 Å². The van der Waals surface area contributed by atoms with Crippen molar-refractivity contribution >= 4 is 11.3 Å². The Labute approximate surface area is 120 Å². The van der Waals surface area contributed by atoms with Gasteiger partial charge in [0.15, 0.2) is 0 Å². The molecule has 1 aromatic rings. The van der Waals surface area contributed by atoms with Gasteiger partial charge in [-0.1, -0.05) is 0 Å². The van der Waals surface area contributed by atoms with Gasteiger partial charge in [0, 0.05) is 23.0 Å². The van der Waals surface area contributed by atoms with Crippen LogP contribution in [0.25, 0.3) is 0 Å². The van der Waals surface area contributed by atoms with E-state index in [2.05, 4.69) is 21.7 Å². The molecule has 1 aromatic heterocycles. The fourth-order valence-electron chi connectivity index (χ4n) is 4.32. The lowest BCUT2D eigenvalue weighted by molar-refractivity contribution is 0.159. The lowest BCUT2D eigenvalue weighted by atomic mass is 9.91. The molecule has 3 heterocycles. The average Bonchev–Trinajstić information content (AvgIpc) is 3.06. The van der Waals surface area contributed by atoms with E-state index in [0.29, 0.717) is 6.04 Å². The first-order valence-corrected chi connectivity index (χ1v) is 8.84. The largest absolute Gasteiger partial charge is 0.307 e. The summed E-state index contributed by atoms with van der Waals surface area (Å²) in [5.74, 6) is 0. The van der Waals surface area contributed by atoms with Crippen molar-refractivity contribution in [1.82, 2.24) is 10.2 Å². The van der Waals surface area contributed by atoms with Gasteiger partial charge in [-0.2, -0.15) is 0 Å². The first-order valence-electron chi connectivity index (χ1n) is 7.96. The average molecular weight is 276 g/mol. The third-order valence-corrected chi connectivity index (χ3v) is 6.31. The van der Waals surface area contributed by atoms with Crippen molar-refractivity contribution in [3.63, 3.8) is 0 Å². The number of hydrogen-bond acceptors (Lipinski definition) is 3. The third-order valence-electron chi connectivity index (χ3n) is 5.31. The van der Waals surface area contributed by atoms with Crippen LogP contribution >= 0.6 is 11.3 Å². The second kappa shape index (κ2) is 5.19. The zero-order valence-corrected chi connectivity index (χ0v) is 12.4. The molecule has 3 atom stereocenters. The lowest BCUT2D eigenvalue weighted by Crippen LogP contribution is -2.46. The molecule has 1 aliphatic carbocycles. The molecule has 3 aliphatic rings. The summed E-state index contributed by atoms with van der Waals surface area (Å²) in [5, 5.41) is 6.27. The number of hydrogen-bond donors (Lipinski definition) is 1. The summed E-state index contributed by atoms with van der Waals surface area (Å²) in [5.41, 5.74) is 1.62.